The first-order valence-corrected chi connectivity index (χ1v) is 6.78. The standard InChI is InChI=1S/C13H22N2O/c1-8-12(3-2-4-14-8)15-13(16)11-6-9-5-10(9)7-11/h8-12,14H,2-7H2,1H3,(H,15,16). The maximum Gasteiger partial charge on any atom is 0.223 e. The van der Waals surface area contributed by atoms with Crippen molar-refractivity contribution in [3.63, 3.8) is 0 Å². The van der Waals surface area contributed by atoms with Crippen LogP contribution in [-0.2, 0) is 4.79 Å². The Morgan fingerprint density at radius 2 is 2.00 bits per heavy atom. The first-order chi connectivity index (χ1) is 7.74. The summed E-state index contributed by atoms with van der Waals surface area (Å²) < 4.78 is 0. The Kier molecular flexibility index (Phi) is 2.66. The molecule has 3 rings (SSSR count). The Labute approximate surface area is 97.4 Å². The zero-order chi connectivity index (χ0) is 11.1. The van der Waals surface area contributed by atoms with Gasteiger partial charge >= 0.3 is 0 Å². The Hall–Kier alpha value is -0.570. The number of carbonyl (C=O) groups excluding carboxylic acids is 1. The van der Waals surface area contributed by atoms with E-state index in [-0.39, 0.29) is 0 Å². The molecule has 4 unspecified atom stereocenters. The van der Waals surface area contributed by atoms with Crippen LogP contribution in [0.4, 0.5) is 0 Å². The molecule has 2 N–H and O–H groups in total. The van der Waals surface area contributed by atoms with E-state index >= 15 is 0 Å². The molecule has 3 nitrogen and oxygen atoms in total. The summed E-state index contributed by atoms with van der Waals surface area (Å²) in [5.74, 6) is 2.46. The highest BCUT2D eigenvalue weighted by Crippen LogP contribution is 2.54. The SMILES string of the molecule is CC1NCCCC1NC(=O)C1CC2CC2C1. The van der Waals surface area contributed by atoms with Gasteiger partial charge in [-0.2, -0.15) is 0 Å². The molecule has 0 spiro atoms. The van der Waals surface area contributed by atoms with Crippen molar-refractivity contribution in [2.45, 2.75) is 51.1 Å². The van der Waals surface area contributed by atoms with Crippen LogP contribution in [0.25, 0.3) is 0 Å². The van der Waals surface area contributed by atoms with Gasteiger partial charge < -0.3 is 10.6 Å². The minimum Gasteiger partial charge on any atom is -0.352 e. The summed E-state index contributed by atoms with van der Waals surface area (Å²) in [4.78, 5) is 12.1. The fourth-order valence-electron chi connectivity index (χ4n) is 3.47. The highest BCUT2D eigenvalue weighted by Gasteiger charge is 2.48. The Morgan fingerprint density at radius 3 is 2.69 bits per heavy atom. The predicted molar refractivity (Wildman–Crippen MR) is 63.0 cm³/mol. The number of rotatable bonds is 2. The number of carbonyl (C=O) groups is 1. The molecule has 0 radical (unpaired) electrons. The van der Waals surface area contributed by atoms with E-state index in [2.05, 4.69) is 17.6 Å². The molecular weight excluding hydrogens is 200 g/mol. The van der Waals surface area contributed by atoms with Gasteiger partial charge in [0.25, 0.3) is 0 Å². The molecule has 0 aromatic carbocycles. The molecule has 3 fully saturated rings. The van der Waals surface area contributed by atoms with Crippen LogP contribution in [0.3, 0.4) is 0 Å². The van der Waals surface area contributed by atoms with E-state index in [1.807, 2.05) is 0 Å². The molecular formula is C13H22N2O. The minimum atomic E-state index is 0.327. The molecule has 0 aromatic rings. The lowest BCUT2D eigenvalue weighted by molar-refractivity contribution is -0.126. The molecule has 0 bridgehead atoms. The third kappa shape index (κ3) is 1.97. The molecule has 2 saturated carbocycles. The van der Waals surface area contributed by atoms with Crippen molar-refractivity contribution in [3.8, 4) is 0 Å². The Balaban J connectivity index is 1.51. The second kappa shape index (κ2) is 4.02. The maximum absolute atomic E-state index is 12.1. The van der Waals surface area contributed by atoms with Crippen molar-refractivity contribution in [1.29, 1.82) is 0 Å². The molecule has 1 aliphatic heterocycles. The summed E-state index contributed by atoms with van der Waals surface area (Å²) in [5.41, 5.74) is 0. The van der Waals surface area contributed by atoms with Crippen molar-refractivity contribution < 1.29 is 4.79 Å². The van der Waals surface area contributed by atoms with Crippen LogP contribution in [0.1, 0.15) is 39.0 Å². The van der Waals surface area contributed by atoms with Crippen molar-refractivity contribution >= 4 is 5.91 Å². The van der Waals surface area contributed by atoms with Gasteiger partial charge in [0.15, 0.2) is 0 Å². The third-order valence-electron chi connectivity index (χ3n) is 4.70. The van der Waals surface area contributed by atoms with Gasteiger partial charge in [-0.05, 0) is 57.4 Å². The zero-order valence-corrected chi connectivity index (χ0v) is 10.0. The van der Waals surface area contributed by atoms with Gasteiger partial charge in [-0.15, -0.1) is 0 Å². The van der Waals surface area contributed by atoms with E-state index in [9.17, 15) is 4.79 Å². The number of hydrogen-bond acceptors (Lipinski definition) is 2. The van der Waals surface area contributed by atoms with Crippen LogP contribution in [0.5, 0.6) is 0 Å². The van der Waals surface area contributed by atoms with Gasteiger partial charge in [-0.3, -0.25) is 4.79 Å². The first-order valence-electron chi connectivity index (χ1n) is 6.78. The lowest BCUT2D eigenvalue weighted by Crippen LogP contribution is -2.53. The summed E-state index contributed by atoms with van der Waals surface area (Å²) >= 11 is 0. The lowest BCUT2D eigenvalue weighted by atomic mass is 9.97. The Bertz CT molecular complexity index is 282. The van der Waals surface area contributed by atoms with Crippen LogP contribution >= 0.6 is 0 Å². The predicted octanol–water partition coefficient (Wildman–Crippen LogP) is 1.29. The highest BCUT2D eigenvalue weighted by molar-refractivity contribution is 5.79. The fraction of sp³-hybridized carbons (Fsp3) is 0.923. The van der Waals surface area contributed by atoms with Crippen molar-refractivity contribution in [1.82, 2.24) is 10.6 Å². The maximum atomic E-state index is 12.1. The van der Waals surface area contributed by atoms with Crippen LogP contribution in [0.2, 0.25) is 0 Å². The molecule has 3 heteroatoms. The molecule has 0 aromatic heterocycles. The quantitative estimate of drug-likeness (QED) is 0.739. The summed E-state index contributed by atoms with van der Waals surface area (Å²) in [7, 11) is 0. The number of amides is 1. The minimum absolute atomic E-state index is 0.327. The third-order valence-corrected chi connectivity index (χ3v) is 4.70. The van der Waals surface area contributed by atoms with E-state index in [0.29, 0.717) is 23.9 Å². The average Bonchev–Trinajstić information content (AvgIpc) is 2.89. The van der Waals surface area contributed by atoms with E-state index < -0.39 is 0 Å². The molecule has 4 atom stereocenters. The van der Waals surface area contributed by atoms with Crippen LogP contribution in [0, 0.1) is 17.8 Å². The van der Waals surface area contributed by atoms with Gasteiger partial charge in [-0.1, -0.05) is 0 Å². The molecule has 2 aliphatic carbocycles. The van der Waals surface area contributed by atoms with Crippen LogP contribution in [-0.4, -0.2) is 24.5 Å². The highest BCUT2D eigenvalue weighted by atomic mass is 16.2. The molecule has 1 heterocycles. The van der Waals surface area contributed by atoms with Crippen LogP contribution < -0.4 is 10.6 Å². The molecule has 90 valence electrons. The van der Waals surface area contributed by atoms with E-state index in [0.717, 1.165) is 37.6 Å². The van der Waals surface area contributed by atoms with E-state index in [4.69, 9.17) is 0 Å². The lowest BCUT2D eigenvalue weighted by Gasteiger charge is -2.31. The van der Waals surface area contributed by atoms with Gasteiger partial charge in [0.2, 0.25) is 5.91 Å². The van der Waals surface area contributed by atoms with E-state index in [1.54, 1.807) is 0 Å². The zero-order valence-electron chi connectivity index (χ0n) is 10.0. The summed E-state index contributed by atoms with van der Waals surface area (Å²) in [6, 6.07) is 0.798. The topological polar surface area (TPSA) is 41.1 Å². The molecule has 3 aliphatic rings. The van der Waals surface area contributed by atoms with Gasteiger partial charge in [0.05, 0.1) is 0 Å². The first kappa shape index (κ1) is 10.6. The van der Waals surface area contributed by atoms with Gasteiger partial charge in [-0.25, -0.2) is 0 Å². The molecule has 1 amide bonds. The number of nitrogens with one attached hydrogen (secondary N) is 2. The molecule has 16 heavy (non-hydrogen) atoms. The summed E-state index contributed by atoms with van der Waals surface area (Å²) in [6.45, 7) is 3.28. The average molecular weight is 222 g/mol. The number of fused-ring (bicyclic) bond motifs is 1. The summed E-state index contributed by atoms with van der Waals surface area (Å²) in [6.07, 6.45) is 6.03. The summed E-state index contributed by atoms with van der Waals surface area (Å²) in [5, 5.41) is 6.68. The van der Waals surface area contributed by atoms with Crippen LogP contribution in [0.15, 0.2) is 0 Å². The number of piperidine rings is 1. The van der Waals surface area contributed by atoms with Gasteiger partial charge in [0.1, 0.15) is 0 Å². The Morgan fingerprint density at radius 1 is 1.25 bits per heavy atom. The van der Waals surface area contributed by atoms with Crippen molar-refractivity contribution in [2.75, 3.05) is 6.54 Å². The fourth-order valence-corrected chi connectivity index (χ4v) is 3.47. The second-order valence-corrected chi connectivity index (χ2v) is 5.92. The normalized spacial score (nSPS) is 46.2. The monoisotopic (exact) mass is 222 g/mol. The van der Waals surface area contributed by atoms with Crippen molar-refractivity contribution in [2.24, 2.45) is 17.8 Å². The second-order valence-electron chi connectivity index (χ2n) is 5.92. The van der Waals surface area contributed by atoms with Gasteiger partial charge in [0, 0.05) is 18.0 Å². The van der Waals surface area contributed by atoms with E-state index in [1.165, 1.54) is 12.8 Å². The number of hydrogen-bond donors (Lipinski definition) is 2. The largest absolute Gasteiger partial charge is 0.352 e. The molecule has 1 saturated heterocycles. The smallest absolute Gasteiger partial charge is 0.223 e. The van der Waals surface area contributed by atoms with Crippen molar-refractivity contribution in [3.05, 3.63) is 0 Å².